The first-order valence-corrected chi connectivity index (χ1v) is 11.1. The van der Waals surface area contributed by atoms with Gasteiger partial charge >= 0.3 is 5.43 Å². The Kier molecular flexibility index (Phi) is 5.11. The summed E-state index contributed by atoms with van der Waals surface area (Å²) in [4.78, 5) is 20.2. The predicted octanol–water partition coefficient (Wildman–Crippen LogP) is 6.38. The highest BCUT2D eigenvalue weighted by atomic mass is 35.5. The molecule has 5 rings (SSSR count). The predicted molar refractivity (Wildman–Crippen MR) is 122 cm³/mol. The molecular formula is C22H15Cl2FN2O4S. The van der Waals surface area contributed by atoms with Crippen LogP contribution in [0.4, 0.5) is 9.18 Å². The first-order valence-electron chi connectivity index (χ1n) is 9.53. The van der Waals surface area contributed by atoms with Crippen molar-refractivity contribution < 1.29 is 23.4 Å². The summed E-state index contributed by atoms with van der Waals surface area (Å²) in [5, 5.41) is 1.98. The second-order valence-corrected chi connectivity index (χ2v) is 9.43. The average Bonchev–Trinajstić information content (AvgIpc) is 3.33. The maximum atomic E-state index is 14.8. The molecule has 1 aliphatic rings. The second kappa shape index (κ2) is 7.72. The molecule has 3 heterocycles. The molecular weight excluding hydrogens is 478 g/mol. The van der Waals surface area contributed by atoms with Gasteiger partial charge in [0.15, 0.2) is 11.6 Å². The molecule has 0 radical (unpaired) electrons. The average molecular weight is 493 g/mol. The highest BCUT2D eigenvalue weighted by Gasteiger charge is 2.40. The fraction of sp³-hybridized carbons (Fsp3) is 0.227. The van der Waals surface area contributed by atoms with Gasteiger partial charge < -0.3 is 14.2 Å². The van der Waals surface area contributed by atoms with Crippen LogP contribution in [0, 0.1) is 5.82 Å². The lowest BCUT2D eigenvalue weighted by Crippen LogP contribution is -2.36. The van der Waals surface area contributed by atoms with Crippen LogP contribution in [-0.4, -0.2) is 34.7 Å². The Balaban J connectivity index is 1.63. The third-order valence-electron chi connectivity index (χ3n) is 5.26. The van der Waals surface area contributed by atoms with Crippen molar-refractivity contribution in [3.8, 4) is 22.1 Å². The van der Waals surface area contributed by atoms with Gasteiger partial charge in [0.05, 0.1) is 29.0 Å². The molecule has 0 N–H and O–H groups in total. The molecule has 0 spiro atoms. The van der Waals surface area contributed by atoms with Gasteiger partial charge in [-0.3, -0.25) is 4.98 Å². The van der Waals surface area contributed by atoms with Crippen molar-refractivity contribution in [1.29, 1.82) is 0 Å². The number of carbonyl (C=O) groups excluding carboxylic acids is 1. The van der Waals surface area contributed by atoms with E-state index in [4.69, 9.17) is 37.4 Å². The summed E-state index contributed by atoms with van der Waals surface area (Å²) >= 11 is 13.0. The molecule has 1 atom stereocenters. The van der Waals surface area contributed by atoms with Crippen molar-refractivity contribution in [3.63, 3.8) is 0 Å². The third-order valence-corrected chi connectivity index (χ3v) is 6.75. The van der Waals surface area contributed by atoms with Gasteiger partial charge in [0.1, 0.15) is 23.0 Å². The molecule has 0 saturated carbocycles. The van der Waals surface area contributed by atoms with E-state index in [1.165, 1.54) is 17.4 Å². The molecule has 0 amide bonds. The largest absolute Gasteiger partial charge is 0.495 e. The first kappa shape index (κ1) is 21.2. The van der Waals surface area contributed by atoms with Crippen molar-refractivity contribution in [2.45, 2.75) is 18.9 Å². The van der Waals surface area contributed by atoms with Gasteiger partial charge in [0, 0.05) is 45.6 Å². The molecule has 0 bridgehead atoms. The Morgan fingerprint density at radius 2 is 2.16 bits per heavy atom. The Labute approximate surface area is 195 Å². The lowest BCUT2D eigenvalue weighted by molar-refractivity contribution is 0.0352. The van der Waals surface area contributed by atoms with Crippen LogP contribution in [0.25, 0.3) is 31.7 Å². The van der Waals surface area contributed by atoms with Crippen molar-refractivity contribution in [2.24, 2.45) is 0 Å². The molecule has 1 aliphatic heterocycles. The number of aromatic nitrogens is 2. The van der Waals surface area contributed by atoms with E-state index in [0.717, 1.165) is 15.6 Å². The summed E-state index contributed by atoms with van der Waals surface area (Å²) in [5.41, 5.74) is 0.772. The molecule has 0 aliphatic carbocycles. The van der Waals surface area contributed by atoms with E-state index < -0.39 is 16.8 Å². The van der Waals surface area contributed by atoms with Gasteiger partial charge in [-0.1, -0.05) is 11.6 Å². The maximum absolute atomic E-state index is 14.8. The van der Waals surface area contributed by atoms with Crippen LogP contribution in [0.1, 0.15) is 12.5 Å². The van der Waals surface area contributed by atoms with Crippen LogP contribution in [-0.2, 0) is 11.2 Å². The van der Waals surface area contributed by atoms with Crippen molar-refractivity contribution in [2.75, 3.05) is 13.7 Å². The van der Waals surface area contributed by atoms with E-state index in [2.05, 4.69) is 9.97 Å². The van der Waals surface area contributed by atoms with E-state index in [9.17, 15) is 9.18 Å². The van der Waals surface area contributed by atoms with Crippen LogP contribution >= 0.6 is 34.5 Å². The van der Waals surface area contributed by atoms with Crippen LogP contribution in [0.2, 0.25) is 5.02 Å². The third kappa shape index (κ3) is 3.62. The minimum absolute atomic E-state index is 0.0959. The monoisotopic (exact) mass is 492 g/mol. The number of pyridine rings is 1. The molecule has 0 fully saturated rings. The van der Waals surface area contributed by atoms with Gasteiger partial charge in [-0.25, -0.2) is 14.2 Å². The number of methoxy groups -OCH3 is 1. The summed E-state index contributed by atoms with van der Waals surface area (Å²) in [6, 6.07) is 6.78. The van der Waals surface area contributed by atoms with Crippen molar-refractivity contribution in [3.05, 3.63) is 46.9 Å². The number of ether oxygens (including phenoxy) is 3. The van der Waals surface area contributed by atoms with Crippen molar-refractivity contribution >= 4 is 61.1 Å². The smallest absolute Gasteiger partial charge is 0.403 e. The van der Waals surface area contributed by atoms with Crippen LogP contribution in [0.5, 0.6) is 11.5 Å². The summed E-state index contributed by atoms with van der Waals surface area (Å²) in [7, 11) is 1.57. The van der Waals surface area contributed by atoms with E-state index in [1.54, 1.807) is 32.4 Å². The molecule has 0 unspecified atom stereocenters. The Morgan fingerprint density at radius 3 is 2.91 bits per heavy atom. The van der Waals surface area contributed by atoms with Crippen LogP contribution in [0.3, 0.4) is 0 Å². The lowest BCUT2D eigenvalue weighted by atomic mass is 10.00. The summed E-state index contributed by atoms with van der Waals surface area (Å²) < 4.78 is 31.6. The Morgan fingerprint density at radius 1 is 1.34 bits per heavy atom. The van der Waals surface area contributed by atoms with E-state index in [1.807, 2.05) is 6.07 Å². The van der Waals surface area contributed by atoms with Gasteiger partial charge in [0.2, 0.25) is 0 Å². The highest BCUT2D eigenvalue weighted by molar-refractivity contribution is 7.22. The number of rotatable bonds is 4. The highest BCUT2D eigenvalue weighted by Crippen LogP contribution is 2.46. The number of carbonyl (C=O) groups is 1. The zero-order valence-corrected chi connectivity index (χ0v) is 19.2. The summed E-state index contributed by atoms with van der Waals surface area (Å²) in [6.07, 6.45) is 1.97. The number of hydrogen-bond donors (Lipinski definition) is 0. The summed E-state index contributed by atoms with van der Waals surface area (Å²) in [5.74, 6) is 0.229. The van der Waals surface area contributed by atoms with Gasteiger partial charge in [-0.05, 0) is 25.1 Å². The number of nitrogens with zero attached hydrogens (tertiary/aromatic N) is 2. The molecule has 32 heavy (non-hydrogen) atoms. The fourth-order valence-corrected chi connectivity index (χ4v) is 5.26. The first-order chi connectivity index (χ1) is 15.3. The molecule has 6 nitrogen and oxygen atoms in total. The number of benzene rings is 2. The van der Waals surface area contributed by atoms with E-state index in [0.29, 0.717) is 38.8 Å². The normalized spacial score (nSPS) is 17.4. The van der Waals surface area contributed by atoms with E-state index >= 15 is 0 Å². The zero-order valence-electron chi connectivity index (χ0n) is 16.9. The van der Waals surface area contributed by atoms with Crippen LogP contribution in [0.15, 0.2) is 30.5 Å². The molecule has 2 aromatic carbocycles. The van der Waals surface area contributed by atoms with Gasteiger partial charge in [-0.2, -0.15) is 0 Å². The topological polar surface area (TPSA) is 70.5 Å². The maximum Gasteiger partial charge on any atom is 0.403 e. The number of fused-ring (bicyclic) bond motifs is 4. The Bertz CT molecular complexity index is 1410. The molecule has 2 aromatic heterocycles. The SMILES string of the molecule is COc1cnc2c(-c3nc4cc(F)c5c(c4s3)C[C@](C)(COC(=O)Cl)O5)cc(Cl)cc2c1. The molecule has 0 saturated heterocycles. The number of hydrogen-bond acceptors (Lipinski definition) is 7. The minimum Gasteiger partial charge on any atom is -0.495 e. The molecule has 4 aromatic rings. The zero-order chi connectivity index (χ0) is 22.6. The molecule has 164 valence electrons. The van der Waals surface area contributed by atoms with Crippen molar-refractivity contribution in [1.82, 2.24) is 9.97 Å². The Hall–Kier alpha value is -2.68. The number of thiazole rings is 1. The van der Waals surface area contributed by atoms with Gasteiger partial charge in [0.25, 0.3) is 0 Å². The lowest BCUT2D eigenvalue weighted by Gasteiger charge is -2.22. The second-order valence-electron chi connectivity index (χ2n) is 7.69. The molecule has 10 heteroatoms. The quantitative estimate of drug-likeness (QED) is 0.307. The minimum atomic E-state index is -0.937. The summed E-state index contributed by atoms with van der Waals surface area (Å²) in [6.45, 7) is 1.64. The van der Waals surface area contributed by atoms with Gasteiger partial charge in [-0.15, -0.1) is 11.3 Å². The van der Waals surface area contributed by atoms with Crippen LogP contribution < -0.4 is 9.47 Å². The fourth-order valence-electron chi connectivity index (χ4n) is 3.88. The standard InChI is InChI=1S/C22H15Cl2FN2O4S/c1-22(9-30-21(24)28)7-14-18(31-22)15(25)6-16-19(14)32-20(27-16)13-5-11(23)3-10-4-12(29-2)8-26-17(10)13/h3-6,8H,7,9H2,1-2H3/t22-/m1/s1. The number of halogens is 3. The van der Waals surface area contributed by atoms with E-state index in [-0.39, 0.29) is 12.4 Å².